The SMILES string of the molecule is CC(C)CC1CCCN(CC2CCCCC2NC(=O)c2ccc(-n3ccnc3)nc2)C1. The lowest BCUT2D eigenvalue weighted by Gasteiger charge is -2.39. The van der Waals surface area contributed by atoms with Crippen LogP contribution in [-0.2, 0) is 0 Å². The minimum absolute atomic E-state index is 0.00194. The van der Waals surface area contributed by atoms with Gasteiger partial charge in [-0.3, -0.25) is 9.36 Å². The molecule has 6 nitrogen and oxygen atoms in total. The molecule has 1 N–H and O–H groups in total. The number of hydrogen-bond donors (Lipinski definition) is 1. The van der Waals surface area contributed by atoms with E-state index in [1.807, 2.05) is 22.9 Å². The Morgan fingerprint density at radius 1 is 1.19 bits per heavy atom. The lowest BCUT2D eigenvalue weighted by molar-refractivity contribution is 0.0848. The lowest BCUT2D eigenvalue weighted by Crippen LogP contribution is -2.48. The second-order valence-corrected chi connectivity index (χ2v) is 9.90. The van der Waals surface area contributed by atoms with Gasteiger partial charge in [-0.1, -0.05) is 26.7 Å². The van der Waals surface area contributed by atoms with E-state index in [1.165, 1.54) is 51.6 Å². The number of nitrogens with zero attached hydrogens (tertiary/aromatic N) is 4. The van der Waals surface area contributed by atoms with Crippen LogP contribution in [0.2, 0.25) is 0 Å². The summed E-state index contributed by atoms with van der Waals surface area (Å²) >= 11 is 0. The van der Waals surface area contributed by atoms with Crippen molar-refractivity contribution in [3.05, 3.63) is 42.6 Å². The van der Waals surface area contributed by atoms with Gasteiger partial charge >= 0.3 is 0 Å². The predicted molar refractivity (Wildman–Crippen MR) is 123 cm³/mol. The van der Waals surface area contributed by atoms with Crippen LogP contribution in [-0.4, -0.2) is 51.0 Å². The molecule has 1 amide bonds. The minimum Gasteiger partial charge on any atom is -0.349 e. The number of likely N-dealkylation sites (tertiary alicyclic amines) is 1. The third kappa shape index (κ3) is 5.94. The Balaban J connectivity index is 1.34. The molecule has 0 radical (unpaired) electrons. The third-order valence-electron chi connectivity index (χ3n) is 6.91. The van der Waals surface area contributed by atoms with Gasteiger partial charge in [-0.2, -0.15) is 0 Å². The number of carbonyl (C=O) groups excluding carboxylic acids is 1. The molecule has 0 aromatic carbocycles. The van der Waals surface area contributed by atoms with Crippen LogP contribution in [0.4, 0.5) is 0 Å². The predicted octanol–water partition coefficient (Wildman–Crippen LogP) is 4.31. The molecule has 1 saturated heterocycles. The standard InChI is InChI=1S/C25H37N5O/c1-19(2)14-20-6-5-12-29(16-20)17-22-7-3-4-8-23(22)28-25(31)21-9-10-24(27-15-21)30-13-11-26-18-30/h9-11,13,15,18-20,22-23H,3-8,12,14,16-17H2,1-2H3,(H,28,31). The number of amides is 1. The van der Waals surface area contributed by atoms with Gasteiger partial charge in [-0.25, -0.2) is 9.97 Å². The van der Waals surface area contributed by atoms with Crippen molar-refractivity contribution in [1.29, 1.82) is 0 Å². The minimum atomic E-state index is -0.00194. The molecule has 0 spiro atoms. The van der Waals surface area contributed by atoms with E-state index in [4.69, 9.17) is 0 Å². The summed E-state index contributed by atoms with van der Waals surface area (Å²) in [4.78, 5) is 24.1. The van der Waals surface area contributed by atoms with Crippen LogP contribution >= 0.6 is 0 Å². The van der Waals surface area contributed by atoms with Crippen LogP contribution in [0, 0.1) is 17.8 Å². The first-order valence-corrected chi connectivity index (χ1v) is 12.1. The molecule has 2 aromatic rings. The van der Waals surface area contributed by atoms with Gasteiger partial charge in [0.05, 0.1) is 5.56 Å². The van der Waals surface area contributed by atoms with Crippen molar-refractivity contribution in [2.45, 2.75) is 64.8 Å². The highest BCUT2D eigenvalue weighted by Gasteiger charge is 2.30. The molecular formula is C25H37N5O. The highest BCUT2D eigenvalue weighted by atomic mass is 16.1. The third-order valence-corrected chi connectivity index (χ3v) is 6.91. The summed E-state index contributed by atoms with van der Waals surface area (Å²) in [5.74, 6) is 2.93. The number of carbonyl (C=O) groups is 1. The Hall–Kier alpha value is -2.21. The summed E-state index contributed by atoms with van der Waals surface area (Å²) in [7, 11) is 0. The normalized spacial score (nSPS) is 24.9. The van der Waals surface area contributed by atoms with Crippen molar-refractivity contribution >= 4 is 5.91 Å². The summed E-state index contributed by atoms with van der Waals surface area (Å²) in [6.45, 7) is 8.24. The molecular weight excluding hydrogens is 386 g/mol. The van der Waals surface area contributed by atoms with Crippen LogP contribution < -0.4 is 5.32 Å². The molecule has 3 unspecified atom stereocenters. The van der Waals surface area contributed by atoms with Crippen molar-refractivity contribution in [2.24, 2.45) is 17.8 Å². The second kappa shape index (κ2) is 10.4. The van der Waals surface area contributed by atoms with Crippen molar-refractivity contribution in [1.82, 2.24) is 24.8 Å². The highest BCUT2D eigenvalue weighted by molar-refractivity contribution is 5.94. The van der Waals surface area contributed by atoms with E-state index in [-0.39, 0.29) is 11.9 Å². The Morgan fingerprint density at radius 3 is 2.81 bits per heavy atom. The van der Waals surface area contributed by atoms with Crippen molar-refractivity contribution in [3.8, 4) is 5.82 Å². The molecule has 6 heteroatoms. The molecule has 168 valence electrons. The summed E-state index contributed by atoms with van der Waals surface area (Å²) < 4.78 is 1.84. The average molecular weight is 424 g/mol. The maximum atomic E-state index is 12.9. The van der Waals surface area contributed by atoms with Gasteiger partial charge < -0.3 is 10.2 Å². The second-order valence-electron chi connectivity index (χ2n) is 9.90. The quantitative estimate of drug-likeness (QED) is 0.721. The summed E-state index contributed by atoms with van der Waals surface area (Å²) in [6.07, 6.45) is 15.8. The number of nitrogens with one attached hydrogen (secondary N) is 1. The van der Waals surface area contributed by atoms with Crippen LogP contribution in [0.1, 0.15) is 69.2 Å². The summed E-state index contributed by atoms with van der Waals surface area (Å²) in [5, 5.41) is 3.35. The number of hydrogen-bond acceptors (Lipinski definition) is 4. The van der Waals surface area contributed by atoms with E-state index in [2.05, 4.69) is 34.0 Å². The fourth-order valence-electron chi connectivity index (χ4n) is 5.44. The Bertz CT molecular complexity index is 817. The molecule has 3 heterocycles. The van der Waals surface area contributed by atoms with E-state index in [9.17, 15) is 4.79 Å². The number of rotatable bonds is 7. The lowest BCUT2D eigenvalue weighted by atomic mass is 9.82. The van der Waals surface area contributed by atoms with Gasteiger partial charge in [0, 0.05) is 37.7 Å². The van der Waals surface area contributed by atoms with Gasteiger partial charge in [-0.15, -0.1) is 0 Å². The molecule has 2 fully saturated rings. The van der Waals surface area contributed by atoms with E-state index in [1.54, 1.807) is 18.7 Å². The zero-order chi connectivity index (χ0) is 21.6. The Morgan fingerprint density at radius 2 is 2.06 bits per heavy atom. The molecule has 1 aliphatic carbocycles. The van der Waals surface area contributed by atoms with Gasteiger partial charge in [0.15, 0.2) is 0 Å². The Labute approximate surface area is 186 Å². The van der Waals surface area contributed by atoms with Gasteiger partial charge in [0.25, 0.3) is 5.91 Å². The van der Waals surface area contributed by atoms with E-state index in [0.717, 1.165) is 30.6 Å². The van der Waals surface area contributed by atoms with Crippen LogP contribution in [0.5, 0.6) is 0 Å². The fraction of sp³-hybridized carbons (Fsp3) is 0.640. The molecule has 31 heavy (non-hydrogen) atoms. The zero-order valence-electron chi connectivity index (χ0n) is 19.0. The fourth-order valence-corrected chi connectivity index (χ4v) is 5.44. The topological polar surface area (TPSA) is 63.1 Å². The number of pyridine rings is 1. The highest BCUT2D eigenvalue weighted by Crippen LogP contribution is 2.29. The molecule has 3 atom stereocenters. The van der Waals surface area contributed by atoms with E-state index >= 15 is 0 Å². The van der Waals surface area contributed by atoms with Crippen LogP contribution in [0.3, 0.4) is 0 Å². The van der Waals surface area contributed by atoms with E-state index in [0.29, 0.717) is 11.5 Å². The maximum Gasteiger partial charge on any atom is 0.253 e. The van der Waals surface area contributed by atoms with Gasteiger partial charge in [0.1, 0.15) is 12.1 Å². The van der Waals surface area contributed by atoms with Gasteiger partial charge in [-0.05, 0) is 68.5 Å². The molecule has 1 saturated carbocycles. The molecule has 0 bridgehead atoms. The molecule has 2 aliphatic rings. The Kier molecular flexibility index (Phi) is 7.38. The van der Waals surface area contributed by atoms with Crippen molar-refractivity contribution < 1.29 is 4.79 Å². The van der Waals surface area contributed by atoms with Crippen molar-refractivity contribution in [3.63, 3.8) is 0 Å². The first-order chi connectivity index (χ1) is 15.1. The first kappa shape index (κ1) is 22.0. The maximum absolute atomic E-state index is 12.9. The first-order valence-electron chi connectivity index (χ1n) is 12.1. The molecule has 2 aromatic heterocycles. The largest absolute Gasteiger partial charge is 0.349 e. The number of aromatic nitrogens is 3. The summed E-state index contributed by atoms with van der Waals surface area (Å²) in [6, 6.07) is 3.99. The van der Waals surface area contributed by atoms with Crippen molar-refractivity contribution in [2.75, 3.05) is 19.6 Å². The van der Waals surface area contributed by atoms with Gasteiger partial charge in [0.2, 0.25) is 0 Å². The van der Waals surface area contributed by atoms with Crippen LogP contribution in [0.15, 0.2) is 37.1 Å². The smallest absolute Gasteiger partial charge is 0.253 e. The van der Waals surface area contributed by atoms with Crippen LogP contribution in [0.25, 0.3) is 5.82 Å². The monoisotopic (exact) mass is 423 g/mol. The number of imidazole rings is 1. The summed E-state index contributed by atoms with van der Waals surface area (Å²) in [5.41, 5.74) is 0.628. The molecule has 1 aliphatic heterocycles. The molecule has 4 rings (SSSR count). The average Bonchev–Trinajstić information content (AvgIpc) is 3.30. The van der Waals surface area contributed by atoms with E-state index < -0.39 is 0 Å². The zero-order valence-corrected chi connectivity index (χ0v) is 19.0. The number of piperidine rings is 1.